The van der Waals surface area contributed by atoms with Gasteiger partial charge >= 0.3 is 5.97 Å². The van der Waals surface area contributed by atoms with Crippen LogP contribution in [0.5, 0.6) is 5.75 Å². The lowest BCUT2D eigenvalue weighted by Crippen LogP contribution is -2.03. The van der Waals surface area contributed by atoms with Crippen molar-refractivity contribution in [2.24, 2.45) is 11.8 Å². The van der Waals surface area contributed by atoms with Gasteiger partial charge in [-0.15, -0.1) is 0 Å². The molecule has 2 unspecified atom stereocenters. The molecule has 0 aromatic heterocycles. The summed E-state index contributed by atoms with van der Waals surface area (Å²) in [5.74, 6) is 1.15. The Morgan fingerprint density at radius 2 is 2.19 bits per heavy atom. The van der Waals surface area contributed by atoms with Gasteiger partial charge in [0.1, 0.15) is 5.75 Å². The van der Waals surface area contributed by atoms with Gasteiger partial charge in [0.05, 0.1) is 12.2 Å². The van der Waals surface area contributed by atoms with Gasteiger partial charge in [0.15, 0.2) is 0 Å². The largest absolute Gasteiger partial charge is 0.493 e. The summed E-state index contributed by atoms with van der Waals surface area (Å²) in [6.07, 6.45) is 1.22. The summed E-state index contributed by atoms with van der Waals surface area (Å²) >= 11 is 0. The molecule has 2 atom stereocenters. The van der Waals surface area contributed by atoms with E-state index in [0.717, 1.165) is 11.5 Å². The summed E-state index contributed by atoms with van der Waals surface area (Å²) in [7, 11) is 0. The van der Waals surface area contributed by atoms with Crippen molar-refractivity contribution in [2.45, 2.75) is 20.3 Å². The lowest BCUT2D eigenvalue weighted by molar-refractivity contribution is 0.0696. The zero-order chi connectivity index (χ0) is 11.7. The SMILES string of the molecule is Cc1cc(OCC2CC2C)cc(C(=O)O)c1. The van der Waals surface area contributed by atoms with Crippen molar-refractivity contribution in [3.05, 3.63) is 29.3 Å². The number of carboxylic acid groups (broad SMARTS) is 1. The van der Waals surface area contributed by atoms with Crippen molar-refractivity contribution in [3.63, 3.8) is 0 Å². The van der Waals surface area contributed by atoms with Crippen LogP contribution in [0.4, 0.5) is 0 Å². The molecule has 1 saturated carbocycles. The minimum Gasteiger partial charge on any atom is -0.493 e. The van der Waals surface area contributed by atoms with Crippen LogP contribution in [0.2, 0.25) is 0 Å². The standard InChI is InChI=1S/C13H16O3/c1-8-3-10(13(14)15)6-12(4-8)16-7-11-5-9(11)2/h3-4,6,9,11H,5,7H2,1-2H3,(H,14,15). The second-order valence-corrected chi connectivity index (χ2v) is 4.62. The molecule has 16 heavy (non-hydrogen) atoms. The van der Waals surface area contributed by atoms with Gasteiger partial charge in [-0.05, 0) is 48.9 Å². The molecule has 2 rings (SSSR count). The molecule has 1 aromatic carbocycles. The van der Waals surface area contributed by atoms with Crippen LogP contribution in [-0.2, 0) is 0 Å². The molecule has 0 spiro atoms. The topological polar surface area (TPSA) is 46.5 Å². The molecule has 1 aromatic rings. The van der Waals surface area contributed by atoms with Crippen LogP contribution < -0.4 is 4.74 Å². The van der Waals surface area contributed by atoms with E-state index in [4.69, 9.17) is 9.84 Å². The number of carbonyl (C=O) groups is 1. The summed E-state index contributed by atoms with van der Waals surface area (Å²) in [6, 6.07) is 5.11. The molecule has 1 fully saturated rings. The minimum atomic E-state index is -0.909. The first-order valence-corrected chi connectivity index (χ1v) is 5.54. The molecule has 3 heteroatoms. The second kappa shape index (κ2) is 4.16. The van der Waals surface area contributed by atoms with E-state index in [0.29, 0.717) is 23.8 Å². The second-order valence-electron chi connectivity index (χ2n) is 4.62. The van der Waals surface area contributed by atoms with Crippen molar-refractivity contribution < 1.29 is 14.6 Å². The molecule has 0 amide bonds. The first-order chi connectivity index (χ1) is 7.56. The number of carboxylic acids is 1. The van der Waals surface area contributed by atoms with Crippen molar-refractivity contribution in [1.82, 2.24) is 0 Å². The van der Waals surface area contributed by atoms with Crippen molar-refractivity contribution >= 4 is 5.97 Å². The highest BCUT2D eigenvalue weighted by atomic mass is 16.5. The fourth-order valence-corrected chi connectivity index (χ4v) is 1.79. The Morgan fingerprint density at radius 1 is 1.50 bits per heavy atom. The van der Waals surface area contributed by atoms with E-state index in [1.54, 1.807) is 12.1 Å². The highest BCUT2D eigenvalue weighted by Gasteiger charge is 2.33. The van der Waals surface area contributed by atoms with E-state index in [9.17, 15) is 4.79 Å². The fraction of sp³-hybridized carbons (Fsp3) is 0.462. The lowest BCUT2D eigenvalue weighted by Gasteiger charge is -2.07. The normalized spacial score (nSPS) is 22.9. The number of benzene rings is 1. The third-order valence-corrected chi connectivity index (χ3v) is 3.04. The van der Waals surface area contributed by atoms with Gasteiger partial charge in [-0.3, -0.25) is 0 Å². The number of ether oxygens (including phenoxy) is 1. The fourth-order valence-electron chi connectivity index (χ4n) is 1.79. The summed E-state index contributed by atoms with van der Waals surface area (Å²) in [6.45, 7) is 4.77. The maximum absolute atomic E-state index is 10.9. The Hall–Kier alpha value is -1.51. The van der Waals surface area contributed by atoms with E-state index in [1.165, 1.54) is 6.42 Å². The summed E-state index contributed by atoms with van der Waals surface area (Å²) in [4.78, 5) is 10.9. The third kappa shape index (κ3) is 2.54. The minimum absolute atomic E-state index is 0.291. The van der Waals surface area contributed by atoms with Crippen molar-refractivity contribution in [3.8, 4) is 5.75 Å². The molecule has 1 N–H and O–H groups in total. The zero-order valence-electron chi connectivity index (χ0n) is 9.56. The van der Waals surface area contributed by atoms with E-state index in [1.807, 2.05) is 13.0 Å². The predicted molar refractivity (Wildman–Crippen MR) is 60.9 cm³/mol. The molecule has 0 heterocycles. The van der Waals surface area contributed by atoms with Crippen LogP contribution in [0.15, 0.2) is 18.2 Å². The Kier molecular flexibility index (Phi) is 2.86. The quantitative estimate of drug-likeness (QED) is 0.848. The molecule has 0 radical (unpaired) electrons. The predicted octanol–water partition coefficient (Wildman–Crippen LogP) is 2.73. The Labute approximate surface area is 95.0 Å². The molecular formula is C13H16O3. The maximum atomic E-state index is 10.9. The van der Waals surface area contributed by atoms with Crippen LogP contribution >= 0.6 is 0 Å². The maximum Gasteiger partial charge on any atom is 0.335 e. The number of hydrogen-bond acceptors (Lipinski definition) is 2. The Morgan fingerprint density at radius 3 is 2.75 bits per heavy atom. The Balaban J connectivity index is 2.05. The van der Waals surface area contributed by atoms with Crippen LogP contribution in [0.3, 0.4) is 0 Å². The Bertz CT molecular complexity index is 412. The zero-order valence-corrected chi connectivity index (χ0v) is 9.56. The van der Waals surface area contributed by atoms with Crippen LogP contribution in [0.25, 0.3) is 0 Å². The highest BCUT2D eigenvalue weighted by Crippen LogP contribution is 2.37. The summed E-state index contributed by atoms with van der Waals surface area (Å²) < 4.78 is 5.61. The number of rotatable bonds is 4. The lowest BCUT2D eigenvalue weighted by atomic mass is 10.1. The number of aromatic carboxylic acids is 1. The van der Waals surface area contributed by atoms with E-state index >= 15 is 0 Å². The molecule has 3 nitrogen and oxygen atoms in total. The first-order valence-electron chi connectivity index (χ1n) is 5.54. The van der Waals surface area contributed by atoms with Crippen LogP contribution in [0, 0.1) is 18.8 Å². The van der Waals surface area contributed by atoms with Crippen LogP contribution in [-0.4, -0.2) is 17.7 Å². The summed E-state index contributed by atoms with van der Waals surface area (Å²) in [5.41, 5.74) is 1.21. The molecular weight excluding hydrogens is 204 g/mol. The van der Waals surface area contributed by atoms with Gasteiger partial charge in [0, 0.05) is 0 Å². The van der Waals surface area contributed by atoms with E-state index in [-0.39, 0.29) is 0 Å². The monoisotopic (exact) mass is 220 g/mol. The number of hydrogen-bond donors (Lipinski definition) is 1. The molecule has 0 saturated heterocycles. The average molecular weight is 220 g/mol. The van der Waals surface area contributed by atoms with Gasteiger partial charge in [0.2, 0.25) is 0 Å². The molecule has 0 aliphatic heterocycles. The third-order valence-electron chi connectivity index (χ3n) is 3.04. The highest BCUT2D eigenvalue weighted by molar-refractivity contribution is 5.88. The average Bonchev–Trinajstić information content (AvgIpc) is 2.91. The van der Waals surface area contributed by atoms with Crippen molar-refractivity contribution in [1.29, 1.82) is 0 Å². The van der Waals surface area contributed by atoms with Crippen LogP contribution in [0.1, 0.15) is 29.3 Å². The van der Waals surface area contributed by atoms with Gasteiger partial charge in [0.25, 0.3) is 0 Å². The van der Waals surface area contributed by atoms with Gasteiger partial charge in [-0.1, -0.05) is 6.92 Å². The summed E-state index contributed by atoms with van der Waals surface area (Å²) in [5, 5.41) is 8.91. The van der Waals surface area contributed by atoms with Gasteiger partial charge < -0.3 is 9.84 Å². The van der Waals surface area contributed by atoms with E-state index < -0.39 is 5.97 Å². The molecule has 86 valence electrons. The number of aryl methyl sites for hydroxylation is 1. The smallest absolute Gasteiger partial charge is 0.335 e. The molecule has 1 aliphatic carbocycles. The van der Waals surface area contributed by atoms with E-state index in [2.05, 4.69) is 6.92 Å². The van der Waals surface area contributed by atoms with Gasteiger partial charge in [-0.2, -0.15) is 0 Å². The van der Waals surface area contributed by atoms with Gasteiger partial charge in [-0.25, -0.2) is 4.79 Å². The van der Waals surface area contributed by atoms with Crippen molar-refractivity contribution in [2.75, 3.05) is 6.61 Å². The molecule has 1 aliphatic rings. The first kappa shape index (κ1) is 11.0. The molecule has 0 bridgehead atoms.